The smallest absolute Gasteiger partial charge is 0.368 e. The Labute approximate surface area is 154 Å². The van der Waals surface area contributed by atoms with Gasteiger partial charge in [-0.25, -0.2) is 0 Å². The molecule has 0 spiro atoms. The van der Waals surface area contributed by atoms with Gasteiger partial charge in [-0.05, 0) is 29.7 Å². The molecule has 2 amide bonds. The van der Waals surface area contributed by atoms with Crippen LogP contribution in [0.15, 0.2) is 60.7 Å². The van der Waals surface area contributed by atoms with E-state index < -0.39 is 29.6 Å². The van der Waals surface area contributed by atoms with Crippen LogP contribution in [0.4, 0.5) is 13.2 Å². The molecule has 0 aliphatic rings. The molecule has 4 nitrogen and oxygen atoms in total. The number of halogens is 3. The predicted octanol–water partition coefficient (Wildman–Crippen LogP) is 3.32. The van der Waals surface area contributed by atoms with Crippen molar-refractivity contribution in [1.82, 2.24) is 5.32 Å². The number of primary amides is 1. The minimum atomic E-state index is -4.43. The van der Waals surface area contributed by atoms with Gasteiger partial charge in [0.1, 0.15) is 6.04 Å². The molecule has 0 saturated heterocycles. The van der Waals surface area contributed by atoms with E-state index in [-0.39, 0.29) is 12.8 Å². The molecule has 0 heterocycles. The van der Waals surface area contributed by atoms with Gasteiger partial charge in [0.15, 0.2) is 0 Å². The van der Waals surface area contributed by atoms with E-state index in [1.807, 2.05) is 30.3 Å². The molecule has 2 aromatic rings. The SMILES string of the molecule is NC(=O)[C@H](C/C=C/c1ccccc1)NC(=O)Cc1ccc(C(F)(F)F)cc1. The van der Waals surface area contributed by atoms with Gasteiger partial charge in [0, 0.05) is 0 Å². The second-order valence-corrected chi connectivity index (χ2v) is 5.94. The standard InChI is InChI=1S/C20H19F3N2O2/c21-20(22,23)16-11-9-15(10-12-16)13-18(26)25-17(19(24)27)8-4-7-14-5-2-1-3-6-14/h1-7,9-12,17H,8,13H2,(H2,24,27)(H,25,26)/b7-4+/t17-/m0/s1. The van der Waals surface area contributed by atoms with Crippen molar-refractivity contribution in [3.8, 4) is 0 Å². The van der Waals surface area contributed by atoms with Crippen LogP contribution in [0.2, 0.25) is 0 Å². The Morgan fingerprint density at radius 3 is 2.22 bits per heavy atom. The van der Waals surface area contributed by atoms with Gasteiger partial charge in [-0.3, -0.25) is 9.59 Å². The highest BCUT2D eigenvalue weighted by atomic mass is 19.4. The first-order valence-corrected chi connectivity index (χ1v) is 8.22. The van der Waals surface area contributed by atoms with Crippen molar-refractivity contribution >= 4 is 17.9 Å². The Morgan fingerprint density at radius 1 is 1.04 bits per heavy atom. The Kier molecular flexibility index (Phi) is 6.76. The lowest BCUT2D eigenvalue weighted by atomic mass is 10.1. The summed E-state index contributed by atoms with van der Waals surface area (Å²) in [6.07, 6.45) is -0.836. The number of nitrogens with one attached hydrogen (secondary N) is 1. The van der Waals surface area contributed by atoms with E-state index in [1.54, 1.807) is 12.2 Å². The van der Waals surface area contributed by atoms with Crippen molar-refractivity contribution in [2.24, 2.45) is 5.73 Å². The van der Waals surface area contributed by atoms with Crippen LogP contribution in [-0.4, -0.2) is 17.9 Å². The molecule has 0 aliphatic heterocycles. The number of amides is 2. The van der Waals surface area contributed by atoms with Crippen LogP contribution in [-0.2, 0) is 22.2 Å². The summed E-state index contributed by atoms with van der Waals surface area (Å²) in [5.41, 5.74) is 5.88. The molecular formula is C20H19F3N2O2. The van der Waals surface area contributed by atoms with Crippen LogP contribution in [0.1, 0.15) is 23.1 Å². The van der Waals surface area contributed by atoms with Crippen molar-refractivity contribution < 1.29 is 22.8 Å². The van der Waals surface area contributed by atoms with E-state index in [9.17, 15) is 22.8 Å². The van der Waals surface area contributed by atoms with Gasteiger partial charge in [0.25, 0.3) is 0 Å². The topological polar surface area (TPSA) is 72.2 Å². The monoisotopic (exact) mass is 376 g/mol. The average Bonchev–Trinajstić information content (AvgIpc) is 2.61. The number of hydrogen-bond acceptors (Lipinski definition) is 2. The summed E-state index contributed by atoms with van der Waals surface area (Å²) in [7, 11) is 0. The van der Waals surface area contributed by atoms with Gasteiger partial charge in [-0.2, -0.15) is 13.2 Å². The van der Waals surface area contributed by atoms with Gasteiger partial charge >= 0.3 is 6.18 Å². The molecule has 0 radical (unpaired) electrons. The maximum Gasteiger partial charge on any atom is 0.416 e. The van der Waals surface area contributed by atoms with Crippen molar-refractivity contribution in [1.29, 1.82) is 0 Å². The molecule has 2 aromatic carbocycles. The van der Waals surface area contributed by atoms with Crippen molar-refractivity contribution in [2.75, 3.05) is 0 Å². The Hall–Kier alpha value is -3.09. The first-order chi connectivity index (χ1) is 12.8. The average molecular weight is 376 g/mol. The number of carbonyl (C=O) groups excluding carboxylic acids is 2. The number of carbonyl (C=O) groups is 2. The third kappa shape index (κ3) is 6.62. The van der Waals surface area contributed by atoms with Gasteiger partial charge in [0.2, 0.25) is 11.8 Å². The zero-order chi connectivity index (χ0) is 19.9. The molecule has 0 saturated carbocycles. The molecular weight excluding hydrogens is 357 g/mol. The summed E-state index contributed by atoms with van der Waals surface area (Å²) >= 11 is 0. The highest BCUT2D eigenvalue weighted by molar-refractivity contribution is 5.87. The van der Waals surface area contributed by atoms with Crippen LogP contribution in [0.5, 0.6) is 0 Å². The normalized spacial score (nSPS) is 12.7. The number of benzene rings is 2. The summed E-state index contributed by atoms with van der Waals surface area (Å²) < 4.78 is 37.6. The third-order valence-electron chi connectivity index (χ3n) is 3.81. The highest BCUT2D eigenvalue weighted by Gasteiger charge is 2.30. The van der Waals surface area contributed by atoms with Crippen LogP contribution < -0.4 is 11.1 Å². The fourth-order valence-electron chi connectivity index (χ4n) is 2.39. The van der Waals surface area contributed by atoms with Crippen LogP contribution in [0.3, 0.4) is 0 Å². The van der Waals surface area contributed by atoms with Gasteiger partial charge in [-0.1, -0.05) is 54.6 Å². The number of hydrogen-bond donors (Lipinski definition) is 2. The molecule has 0 unspecified atom stereocenters. The molecule has 0 aliphatic carbocycles. The Bertz CT molecular complexity index is 800. The van der Waals surface area contributed by atoms with Gasteiger partial charge in [-0.15, -0.1) is 0 Å². The van der Waals surface area contributed by atoms with E-state index in [0.29, 0.717) is 5.56 Å². The quantitative estimate of drug-likeness (QED) is 0.778. The zero-order valence-corrected chi connectivity index (χ0v) is 14.4. The second kappa shape index (κ2) is 9.02. The largest absolute Gasteiger partial charge is 0.416 e. The first-order valence-electron chi connectivity index (χ1n) is 8.22. The van der Waals surface area contributed by atoms with E-state index >= 15 is 0 Å². The lowest BCUT2D eigenvalue weighted by Crippen LogP contribution is -2.44. The van der Waals surface area contributed by atoms with Gasteiger partial charge < -0.3 is 11.1 Å². The minimum absolute atomic E-state index is 0.148. The van der Waals surface area contributed by atoms with Gasteiger partial charge in [0.05, 0.1) is 12.0 Å². The second-order valence-electron chi connectivity index (χ2n) is 5.94. The van der Waals surface area contributed by atoms with Crippen LogP contribution in [0.25, 0.3) is 6.08 Å². The summed E-state index contributed by atoms with van der Waals surface area (Å²) in [6.45, 7) is 0. The predicted molar refractivity (Wildman–Crippen MR) is 96.4 cm³/mol. The lowest BCUT2D eigenvalue weighted by molar-refractivity contribution is -0.137. The molecule has 2 rings (SSSR count). The minimum Gasteiger partial charge on any atom is -0.368 e. The number of rotatable bonds is 7. The van der Waals surface area contributed by atoms with E-state index in [4.69, 9.17) is 5.73 Å². The number of alkyl halides is 3. The summed E-state index contributed by atoms with van der Waals surface area (Å²) in [4.78, 5) is 23.6. The molecule has 3 N–H and O–H groups in total. The molecule has 1 atom stereocenters. The molecule has 7 heteroatoms. The van der Waals surface area contributed by atoms with Crippen molar-refractivity contribution in [2.45, 2.75) is 25.1 Å². The van der Waals surface area contributed by atoms with Crippen LogP contribution in [0, 0.1) is 0 Å². The zero-order valence-electron chi connectivity index (χ0n) is 14.4. The van der Waals surface area contributed by atoms with Crippen molar-refractivity contribution in [3.05, 3.63) is 77.4 Å². The highest BCUT2D eigenvalue weighted by Crippen LogP contribution is 2.29. The third-order valence-corrected chi connectivity index (χ3v) is 3.81. The fourth-order valence-corrected chi connectivity index (χ4v) is 2.39. The summed E-state index contributed by atoms with van der Waals surface area (Å²) in [5.74, 6) is -1.18. The Morgan fingerprint density at radius 2 is 1.67 bits per heavy atom. The summed E-state index contributed by atoms with van der Waals surface area (Å²) in [6, 6.07) is 12.8. The van der Waals surface area contributed by atoms with E-state index in [0.717, 1.165) is 17.7 Å². The fraction of sp³-hybridized carbons (Fsp3) is 0.200. The van der Waals surface area contributed by atoms with E-state index in [1.165, 1.54) is 12.1 Å². The number of nitrogens with two attached hydrogens (primary N) is 1. The molecule has 27 heavy (non-hydrogen) atoms. The van der Waals surface area contributed by atoms with Crippen molar-refractivity contribution in [3.63, 3.8) is 0 Å². The molecule has 0 aromatic heterocycles. The molecule has 0 fully saturated rings. The molecule has 0 bridgehead atoms. The summed E-state index contributed by atoms with van der Waals surface area (Å²) in [5, 5.41) is 2.51. The Balaban J connectivity index is 1.92. The first kappa shape index (κ1) is 20.2. The van der Waals surface area contributed by atoms with Crippen LogP contribution >= 0.6 is 0 Å². The maximum absolute atomic E-state index is 12.5. The lowest BCUT2D eigenvalue weighted by Gasteiger charge is -2.14. The maximum atomic E-state index is 12.5. The van der Waals surface area contributed by atoms with E-state index in [2.05, 4.69) is 5.32 Å². The molecule has 142 valence electrons.